The molecule has 1 saturated heterocycles. The number of nitro groups is 1. The standard InChI is InChI=1S/C10H17N3O3/c1-2-8(9(7-11)13(14)15)12-10-5-3-4-6-16-10/h7,10-12H,2-6H2,1H3/b9-8+,11-7?. The van der Waals surface area contributed by atoms with Crippen molar-refractivity contribution in [2.45, 2.75) is 38.8 Å². The highest BCUT2D eigenvalue weighted by atomic mass is 16.6. The number of ether oxygens (including phenoxy) is 1. The summed E-state index contributed by atoms with van der Waals surface area (Å²) < 4.78 is 5.44. The molecule has 1 aliphatic heterocycles. The van der Waals surface area contributed by atoms with Gasteiger partial charge in [0.2, 0.25) is 0 Å². The van der Waals surface area contributed by atoms with Gasteiger partial charge in [0, 0.05) is 6.61 Å². The molecule has 0 radical (unpaired) electrons. The van der Waals surface area contributed by atoms with E-state index in [1.165, 1.54) is 0 Å². The van der Waals surface area contributed by atoms with Crippen LogP contribution in [-0.2, 0) is 4.74 Å². The third kappa shape index (κ3) is 3.30. The molecule has 90 valence electrons. The average Bonchev–Trinajstić information content (AvgIpc) is 2.29. The van der Waals surface area contributed by atoms with Crippen LogP contribution in [0.2, 0.25) is 0 Å². The molecule has 2 N–H and O–H groups in total. The van der Waals surface area contributed by atoms with Crippen LogP contribution in [-0.4, -0.2) is 24.0 Å². The lowest BCUT2D eigenvalue weighted by molar-refractivity contribution is -0.416. The van der Waals surface area contributed by atoms with Gasteiger partial charge >= 0.3 is 5.70 Å². The topological polar surface area (TPSA) is 88.2 Å². The molecule has 1 rings (SSSR count). The fourth-order valence-corrected chi connectivity index (χ4v) is 1.66. The van der Waals surface area contributed by atoms with E-state index in [1.807, 2.05) is 6.92 Å². The second-order valence-corrected chi connectivity index (χ2v) is 3.62. The lowest BCUT2D eigenvalue weighted by atomic mass is 10.1. The highest BCUT2D eigenvalue weighted by Crippen LogP contribution is 2.14. The molecule has 6 nitrogen and oxygen atoms in total. The van der Waals surface area contributed by atoms with Crippen LogP contribution in [0, 0.1) is 15.5 Å². The second-order valence-electron chi connectivity index (χ2n) is 3.62. The third-order valence-electron chi connectivity index (χ3n) is 2.51. The Morgan fingerprint density at radius 2 is 2.44 bits per heavy atom. The molecule has 0 aromatic rings. The minimum absolute atomic E-state index is 0.154. The van der Waals surface area contributed by atoms with E-state index < -0.39 is 4.92 Å². The van der Waals surface area contributed by atoms with Crippen molar-refractivity contribution < 1.29 is 9.66 Å². The van der Waals surface area contributed by atoms with E-state index in [-0.39, 0.29) is 11.9 Å². The SMILES string of the molecule is CC/C(NC1CCCCO1)=C(/C=N)[N+](=O)[O-]. The van der Waals surface area contributed by atoms with Crippen molar-refractivity contribution in [2.75, 3.05) is 6.61 Å². The summed E-state index contributed by atoms with van der Waals surface area (Å²) in [6, 6.07) is 0. The summed E-state index contributed by atoms with van der Waals surface area (Å²) >= 11 is 0. The summed E-state index contributed by atoms with van der Waals surface area (Å²) in [5, 5.41) is 20.7. The van der Waals surface area contributed by atoms with Crippen molar-refractivity contribution >= 4 is 6.21 Å². The van der Waals surface area contributed by atoms with Crippen molar-refractivity contribution in [3.63, 3.8) is 0 Å². The van der Waals surface area contributed by atoms with Gasteiger partial charge < -0.3 is 15.5 Å². The molecule has 6 heteroatoms. The van der Waals surface area contributed by atoms with E-state index in [9.17, 15) is 10.1 Å². The normalized spacial score (nSPS) is 22.2. The van der Waals surface area contributed by atoms with Crippen molar-refractivity contribution in [1.82, 2.24) is 5.32 Å². The summed E-state index contributed by atoms with van der Waals surface area (Å²) in [4.78, 5) is 10.1. The molecule has 1 atom stereocenters. The molecule has 1 heterocycles. The Morgan fingerprint density at radius 3 is 2.88 bits per heavy atom. The van der Waals surface area contributed by atoms with Gasteiger partial charge in [0.05, 0.1) is 16.8 Å². The van der Waals surface area contributed by atoms with Gasteiger partial charge in [-0.2, -0.15) is 0 Å². The zero-order chi connectivity index (χ0) is 12.0. The Labute approximate surface area is 94.3 Å². The monoisotopic (exact) mass is 227 g/mol. The van der Waals surface area contributed by atoms with Crippen LogP contribution in [0.5, 0.6) is 0 Å². The Morgan fingerprint density at radius 1 is 1.69 bits per heavy atom. The molecular formula is C10H17N3O3. The zero-order valence-corrected chi connectivity index (χ0v) is 9.36. The Hall–Kier alpha value is -1.43. The Balaban J connectivity index is 2.72. The van der Waals surface area contributed by atoms with E-state index in [1.54, 1.807) is 0 Å². The van der Waals surface area contributed by atoms with Gasteiger partial charge in [-0.15, -0.1) is 0 Å². The Kier molecular flexibility index (Phi) is 4.91. The number of allylic oxidation sites excluding steroid dienone is 2. The van der Waals surface area contributed by atoms with Gasteiger partial charge in [0.25, 0.3) is 0 Å². The third-order valence-corrected chi connectivity index (χ3v) is 2.51. The fraction of sp³-hybridized carbons (Fsp3) is 0.700. The number of hydrogen-bond acceptors (Lipinski definition) is 5. The highest BCUT2D eigenvalue weighted by Gasteiger charge is 2.19. The van der Waals surface area contributed by atoms with Crippen LogP contribution in [0.25, 0.3) is 0 Å². The second kappa shape index (κ2) is 6.22. The van der Waals surface area contributed by atoms with Gasteiger partial charge in [0.15, 0.2) is 0 Å². The van der Waals surface area contributed by atoms with E-state index >= 15 is 0 Å². The van der Waals surface area contributed by atoms with E-state index in [0.717, 1.165) is 25.5 Å². The minimum Gasteiger partial charge on any atom is -0.359 e. The zero-order valence-electron chi connectivity index (χ0n) is 9.36. The molecule has 0 aromatic heterocycles. The van der Waals surface area contributed by atoms with E-state index in [2.05, 4.69) is 5.32 Å². The number of rotatable bonds is 5. The van der Waals surface area contributed by atoms with Gasteiger partial charge in [-0.05, 0) is 25.7 Å². The van der Waals surface area contributed by atoms with E-state index in [4.69, 9.17) is 10.1 Å². The molecular weight excluding hydrogens is 210 g/mol. The molecule has 0 spiro atoms. The van der Waals surface area contributed by atoms with Crippen molar-refractivity contribution in [3.8, 4) is 0 Å². The van der Waals surface area contributed by atoms with Gasteiger partial charge in [-0.25, -0.2) is 0 Å². The quantitative estimate of drug-likeness (QED) is 0.424. The first-order chi connectivity index (χ1) is 7.69. The van der Waals surface area contributed by atoms with E-state index in [0.29, 0.717) is 18.7 Å². The Bertz CT molecular complexity index is 296. The first-order valence-corrected chi connectivity index (χ1v) is 5.45. The molecule has 0 aliphatic carbocycles. The average molecular weight is 227 g/mol. The van der Waals surface area contributed by atoms with Gasteiger partial charge in [0.1, 0.15) is 6.23 Å². The molecule has 0 amide bonds. The van der Waals surface area contributed by atoms with Crippen LogP contribution in [0.1, 0.15) is 32.6 Å². The minimum atomic E-state index is -0.540. The summed E-state index contributed by atoms with van der Waals surface area (Å²) in [5.74, 6) is 0. The molecule has 1 aliphatic rings. The molecule has 0 saturated carbocycles. The van der Waals surface area contributed by atoms with Crippen molar-refractivity contribution in [1.29, 1.82) is 5.41 Å². The maximum Gasteiger partial charge on any atom is 0.305 e. The van der Waals surface area contributed by atoms with Crippen LogP contribution < -0.4 is 5.32 Å². The van der Waals surface area contributed by atoms with Crippen LogP contribution in [0.3, 0.4) is 0 Å². The first-order valence-electron chi connectivity index (χ1n) is 5.45. The maximum atomic E-state index is 10.7. The van der Waals surface area contributed by atoms with Crippen LogP contribution >= 0.6 is 0 Å². The molecule has 16 heavy (non-hydrogen) atoms. The highest BCUT2D eigenvalue weighted by molar-refractivity contribution is 5.73. The number of nitrogens with one attached hydrogen (secondary N) is 2. The predicted molar refractivity (Wildman–Crippen MR) is 59.8 cm³/mol. The summed E-state index contributed by atoms with van der Waals surface area (Å²) in [6.45, 7) is 2.51. The smallest absolute Gasteiger partial charge is 0.305 e. The van der Waals surface area contributed by atoms with Gasteiger partial charge in [-0.3, -0.25) is 10.1 Å². The van der Waals surface area contributed by atoms with Crippen molar-refractivity contribution in [3.05, 3.63) is 21.5 Å². The lowest BCUT2D eigenvalue weighted by Gasteiger charge is -2.25. The summed E-state index contributed by atoms with van der Waals surface area (Å²) in [5.41, 5.74) is 0.281. The summed E-state index contributed by atoms with van der Waals surface area (Å²) in [7, 11) is 0. The van der Waals surface area contributed by atoms with Gasteiger partial charge in [-0.1, -0.05) is 6.92 Å². The molecule has 0 bridgehead atoms. The summed E-state index contributed by atoms with van der Waals surface area (Å²) in [6.07, 6.45) is 4.06. The molecule has 0 aromatic carbocycles. The largest absolute Gasteiger partial charge is 0.359 e. The van der Waals surface area contributed by atoms with Crippen molar-refractivity contribution in [2.24, 2.45) is 0 Å². The number of hydrogen-bond donors (Lipinski definition) is 2. The predicted octanol–water partition coefficient (Wildman–Crippen LogP) is 1.65. The fourth-order valence-electron chi connectivity index (χ4n) is 1.66. The molecule has 1 unspecified atom stereocenters. The first kappa shape index (κ1) is 12.6. The molecule has 1 fully saturated rings. The van der Waals surface area contributed by atoms with Crippen LogP contribution in [0.15, 0.2) is 11.4 Å². The van der Waals surface area contributed by atoms with Crippen LogP contribution in [0.4, 0.5) is 0 Å². The number of nitrogens with zero attached hydrogens (tertiary/aromatic N) is 1. The lowest BCUT2D eigenvalue weighted by Crippen LogP contribution is -2.35. The maximum absolute atomic E-state index is 10.7.